The zero-order chi connectivity index (χ0) is 19.5. The maximum Gasteiger partial charge on any atom is 0.246 e. The van der Waals surface area contributed by atoms with Crippen molar-refractivity contribution < 1.29 is 13.9 Å². The van der Waals surface area contributed by atoms with E-state index in [-0.39, 0.29) is 17.6 Å². The van der Waals surface area contributed by atoms with Crippen molar-refractivity contribution in [3.63, 3.8) is 0 Å². The number of hydrogen-bond donors (Lipinski definition) is 0. The van der Waals surface area contributed by atoms with E-state index in [4.69, 9.17) is 13.9 Å². The Kier molecular flexibility index (Phi) is 8.92. The molecule has 2 atom stereocenters. The Morgan fingerprint density at radius 3 is 1.33 bits per heavy atom. The standard InChI is InChI=1S/C19H44O3Si2/c1-14(2)24(15(3)4,16(5)6)22-20-18(19(8,9)10)17(7)21-23(11,12)13/h14-18H,1-13H3/t17-,18+/m0/s1. The molecule has 0 rings (SSSR count). The highest BCUT2D eigenvalue weighted by molar-refractivity contribution is 6.77. The minimum absolute atomic E-state index is 0.0230. The highest BCUT2D eigenvalue weighted by Crippen LogP contribution is 2.43. The van der Waals surface area contributed by atoms with Crippen LogP contribution in [0.2, 0.25) is 36.3 Å². The summed E-state index contributed by atoms with van der Waals surface area (Å²) in [6, 6.07) is 0. The summed E-state index contributed by atoms with van der Waals surface area (Å²) in [6.07, 6.45) is -0.0535. The highest BCUT2D eigenvalue weighted by Gasteiger charge is 2.48. The molecule has 0 saturated heterocycles. The Morgan fingerprint density at radius 2 is 1.08 bits per heavy atom. The summed E-state index contributed by atoms with van der Waals surface area (Å²) in [6.45, 7) is 29.1. The zero-order valence-electron chi connectivity index (χ0n) is 18.6. The average molecular weight is 377 g/mol. The quantitative estimate of drug-likeness (QED) is 0.252. The molecule has 146 valence electrons. The second-order valence-electron chi connectivity index (χ2n) is 10.2. The van der Waals surface area contributed by atoms with Gasteiger partial charge in [-0.05, 0) is 48.6 Å². The lowest BCUT2D eigenvalue weighted by molar-refractivity contribution is -0.298. The third-order valence-electron chi connectivity index (χ3n) is 4.82. The average Bonchev–Trinajstić information content (AvgIpc) is 2.28. The van der Waals surface area contributed by atoms with E-state index >= 15 is 0 Å². The first kappa shape index (κ1) is 24.3. The maximum atomic E-state index is 6.41. The minimum atomic E-state index is -2.04. The van der Waals surface area contributed by atoms with Crippen molar-refractivity contribution in [2.45, 2.75) is 118 Å². The fourth-order valence-corrected chi connectivity index (χ4v) is 10.1. The first-order valence-corrected chi connectivity index (χ1v) is 15.1. The molecule has 0 heterocycles. The van der Waals surface area contributed by atoms with Gasteiger partial charge in [-0.1, -0.05) is 62.3 Å². The van der Waals surface area contributed by atoms with E-state index in [1.165, 1.54) is 0 Å². The molecule has 0 aromatic heterocycles. The summed E-state index contributed by atoms with van der Waals surface area (Å²) in [5.74, 6) is 0. The van der Waals surface area contributed by atoms with Gasteiger partial charge in [0.1, 0.15) is 6.10 Å². The number of rotatable bonds is 9. The molecular weight excluding hydrogens is 332 g/mol. The third kappa shape index (κ3) is 6.56. The van der Waals surface area contributed by atoms with Gasteiger partial charge in [0.2, 0.25) is 8.32 Å². The van der Waals surface area contributed by atoms with Gasteiger partial charge in [0.25, 0.3) is 0 Å². The predicted molar refractivity (Wildman–Crippen MR) is 110 cm³/mol. The molecule has 0 amide bonds. The van der Waals surface area contributed by atoms with E-state index in [2.05, 4.69) is 88.9 Å². The van der Waals surface area contributed by atoms with Gasteiger partial charge >= 0.3 is 0 Å². The first-order valence-electron chi connectivity index (χ1n) is 9.58. The van der Waals surface area contributed by atoms with E-state index in [9.17, 15) is 0 Å². The predicted octanol–water partition coefficient (Wildman–Crippen LogP) is 6.76. The molecule has 0 spiro atoms. The normalized spacial score (nSPS) is 17.0. The van der Waals surface area contributed by atoms with Crippen LogP contribution < -0.4 is 0 Å². The van der Waals surface area contributed by atoms with Crippen molar-refractivity contribution in [1.29, 1.82) is 0 Å². The Balaban J connectivity index is 5.44. The van der Waals surface area contributed by atoms with Crippen molar-refractivity contribution >= 4 is 16.6 Å². The Hall–Kier alpha value is 0.314. The van der Waals surface area contributed by atoms with Crippen molar-refractivity contribution in [3.8, 4) is 0 Å². The Morgan fingerprint density at radius 1 is 0.708 bits per heavy atom. The topological polar surface area (TPSA) is 27.7 Å². The Labute approximate surface area is 154 Å². The van der Waals surface area contributed by atoms with Gasteiger partial charge in [0, 0.05) is 0 Å². The molecule has 0 radical (unpaired) electrons. The molecule has 0 saturated carbocycles. The molecule has 0 aliphatic heterocycles. The summed E-state index contributed by atoms with van der Waals surface area (Å²) in [7, 11) is -3.67. The molecule has 0 aliphatic rings. The molecule has 24 heavy (non-hydrogen) atoms. The van der Waals surface area contributed by atoms with Crippen LogP contribution in [0.4, 0.5) is 0 Å². The summed E-state index contributed by atoms with van der Waals surface area (Å²) >= 11 is 0. The fourth-order valence-electron chi connectivity index (χ4n) is 3.97. The van der Waals surface area contributed by atoms with Crippen LogP contribution in [0.5, 0.6) is 0 Å². The third-order valence-corrected chi connectivity index (χ3v) is 11.7. The van der Waals surface area contributed by atoms with Crippen LogP contribution in [0.25, 0.3) is 0 Å². The monoisotopic (exact) mass is 376 g/mol. The van der Waals surface area contributed by atoms with Gasteiger partial charge in [-0.2, -0.15) is 0 Å². The highest BCUT2D eigenvalue weighted by atomic mass is 28.4. The van der Waals surface area contributed by atoms with Gasteiger partial charge in [-0.15, -0.1) is 0 Å². The Bertz CT molecular complexity index is 346. The largest absolute Gasteiger partial charge is 0.412 e. The van der Waals surface area contributed by atoms with Crippen LogP contribution in [0.3, 0.4) is 0 Å². The van der Waals surface area contributed by atoms with Gasteiger partial charge in [-0.3, -0.25) is 4.58 Å². The molecule has 0 aromatic carbocycles. The molecular formula is C19H44O3Si2. The molecule has 0 unspecified atom stereocenters. The maximum absolute atomic E-state index is 6.41. The van der Waals surface area contributed by atoms with Crippen LogP contribution in [0.15, 0.2) is 0 Å². The second-order valence-corrected chi connectivity index (χ2v) is 20.0. The van der Waals surface area contributed by atoms with Crippen LogP contribution in [-0.2, 0) is 13.9 Å². The second kappa shape index (κ2) is 8.80. The summed E-state index contributed by atoms with van der Waals surface area (Å²) in [4.78, 5) is 6.22. The number of hydrogen-bond acceptors (Lipinski definition) is 3. The summed E-state index contributed by atoms with van der Waals surface area (Å²) < 4.78 is 12.7. The molecule has 3 nitrogen and oxygen atoms in total. The first-order chi connectivity index (χ1) is 10.6. The van der Waals surface area contributed by atoms with Gasteiger partial charge in [0.15, 0.2) is 8.32 Å². The SMILES string of the molecule is CC(C)[Si](OO[C@H]([C@H](C)O[Si](C)(C)C)C(C)(C)C)(C(C)C)C(C)C. The summed E-state index contributed by atoms with van der Waals surface area (Å²) in [5.41, 5.74) is 1.48. The lowest BCUT2D eigenvalue weighted by atomic mass is 9.86. The van der Waals surface area contributed by atoms with Crippen LogP contribution >= 0.6 is 0 Å². The van der Waals surface area contributed by atoms with Crippen LogP contribution in [-0.4, -0.2) is 28.8 Å². The van der Waals surface area contributed by atoms with Gasteiger partial charge < -0.3 is 4.43 Å². The lowest BCUT2D eigenvalue weighted by Gasteiger charge is -2.44. The molecule has 0 fully saturated rings. The van der Waals surface area contributed by atoms with E-state index < -0.39 is 16.6 Å². The molecule has 0 aromatic rings. The van der Waals surface area contributed by atoms with Gasteiger partial charge in [-0.25, -0.2) is 4.89 Å². The summed E-state index contributed by atoms with van der Waals surface area (Å²) in [5, 5.41) is 0. The molecule has 5 heteroatoms. The molecule has 0 bridgehead atoms. The van der Waals surface area contributed by atoms with E-state index in [0.29, 0.717) is 16.6 Å². The van der Waals surface area contributed by atoms with Crippen molar-refractivity contribution in [2.75, 3.05) is 0 Å². The lowest BCUT2D eigenvalue weighted by Crippen LogP contribution is -2.52. The smallest absolute Gasteiger partial charge is 0.246 e. The van der Waals surface area contributed by atoms with Crippen molar-refractivity contribution in [3.05, 3.63) is 0 Å². The molecule has 0 N–H and O–H groups in total. The van der Waals surface area contributed by atoms with E-state index in [0.717, 1.165) is 0 Å². The zero-order valence-corrected chi connectivity index (χ0v) is 20.6. The van der Waals surface area contributed by atoms with Crippen LogP contribution in [0, 0.1) is 5.41 Å². The molecule has 0 aliphatic carbocycles. The minimum Gasteiger partial charge on any atom is -0.412 e. The van der Waals surface area contributed by atoms with Crippen molar-refractivity contribution in [1.82, 2.24) is 0 Å². The van der Waals surface area contributed by atoms with E-state index in [1.54, 1.807) is 0 Å². The van der Waals surface area contributed by atoms with Crippen LogP contribution in [0.1, 0.15) is 69.2 Å². The van der Waals surface area contributed by atoms with E-state index in [1.807, 2.05) is 0 Å². The van der Waals surface area contributed by atoms with Gasteiger partial charge in [0.05, 0.1) is 6.10 Å². The van der Waals surface area contributed by atoms with Crippen molar-refractivity contribution in [2.24, 2.45) is 5.41 Å². The fraction of sp³-hybridized carbons (Fsp3) is 1.00.